The van der Waals surface area contributed by atoms with E-state index in [2.05, 4.69) is 46.2 Å². The number of hydrogen-bond donors (Lipinski definition) is 1. The molecule has 4 heteroatoms. The van der Waals surface area contributed by atoms with Crippen molar-refractivity contribution in [2.24, 2.45) is 5.92 Å². The molecule has 4 nitrogen and oxygen atoms in total. The number of nitrogens with zero attached hydrogens (tertiary/aromatic N) is 2. The Morgan fingerprint density at radius 3 is 2.64 bits per heavy atom. The van der Waals surface area contributed by atoms with Gasteiger partial charge in [0.25, 0.3) is 0 Å². The fraction of sp³-hybridized carbons (Fsp3) is 0.414. The van der Waals surface area contributed by atoms with E-state index < -0.39 is 0 Å². The zero-order chi connectivity index (χ0) is 22.6. The van der Waals surface area contributed by atoms with Crippen LogP contribution in [-0.2, 0) is 17.8 Å². The minimum absolute atomic E-state index is 0.313. The highest BCUT2D eigenvalue weighted by molar-refractivity contribution is 5.87. The van der Waals surface area contributed by atoms with Gasteiger partial charge in [-0.15, -0.1) is 0 Å². The van der Waals surface area contributed by atoms with Crippen LogP contribution in [0.3, 0.4) is 0 Å². The lowest BCUT2D eigenvalue weighted by Crippen LogP contribution is -2.54. The van der Waals surface area contributed by atoms with Crippen molar-refractivity contribution in [1.29, 1.82) is 0 Å². The molecule has 33 heavy (non-hydrogen) atoms. The highest BCUT2D eigenvalue weighted by Gasteiger charge is 2.37. The number of carbonyl (C=O) groups excluding carboxylic acids is 1. The summed E-state index contributed by atoms with van der Waals surface area (Å²) >= 11 is 0. The van der Waals surface area contributed by atoms with Crippen LogP contribution in [0.25, 0.3) is 10.8 Å². The van der Waals surface area contributed by atoms with Crippen LogP contribution in [0.2, 0.25) is 0 Å². The van der Waals surface area contributed by atoms with Gasteiger partial charge >= 0.3 is 0 Å². The maximum Gasteiger partial charge on any atom is 0.222 e. The van der Waals surface area contributed by atoms with Crippen molar-refractivity contribution in [3.63, 3.8) is 0 Å². The molecule has 0 unspecified atom stereocenters. The lowest BCUT2D eigenvalue weighted by atomic mass is 9.83. The van der Waals surface area contributed by atoms with Crippen molar-refractivity contribution in [2.45, 2.75) is 51.1 Å². The van der Waals surface area contributed by atoms with Crippen molar-refractivity contribution in [2.75, 3.05) is 19.6 Å². The summed E-state index contributed by atoms with van der Waals surface area (Å²) < 4.78 is 0. The van der Waals surface area contributed by atoms with Gasteiger partial charge in [-0.05, 0) is 67.0 Å². The van der Waals surface area contributed by atoms with E-state index in [9.17, 15) is 9.90 Å². The average Bonchev–Trinajstić information content (AvgIpc) is 2.86. The molecule has 0 spiro atoms. The monoisotopic (exact) mass is 442 g/mol. The van der Waals surface area contributed by atoms with Crippen molar-refractivity contribution in [3.05, 3.63) is 77.9 Å². The molecule has 2 fully saturated rings. The van der Waals surface area contributed by atoms with Gasteiger partial charge in [0.2, 0.25) is 5.91 Å². The molecule has 0 aromatic heterocycles. The lowest BCUT2D eigenvalue weighted by Gasteiger charge is -2.47. The number of amides is 1. The number of carbonyl (C=O) groups is 1. The summed E-state index contributed by atoms with van der Waals surface area (Å²) in [5.74, 6) is 1.23. The molecule has 3 aromatic rings. The molecule has 2 atom stereocenters. The molecule has 172 valence electrons. The van der Waals surface area contributed by atoms with Gasteiger partial charge in [0.1, 0.15) is 5.75 Å². The maximum atomic E-state index is 12.9. The fourth-order valence-electron chi connectivity index (χ4n) is 5.87. The summed E-state index contributed by atoms with van der Waals surface area (Å²) in [6.07, 6.45) is 5.90. The van der Waals surface area contributed by atoms with Crippen LogP contribution in [0.4, 0.5) is 0 Å². The highest BCUT2D eigenvalue weighted by Crippen LogP contribution is 2.35. The lowest BCUT2D eigenvalue weighted by molar-refractivity contribution is -0.135. The number of likely N-dealkylation sites (tertiary alicyclic amines) is 2. The van der Waals surface area contributed by atoms with Gasteiger partial charge in [-0.2, -0.15) is 0 Å². The summed E-state index contributed by atoms with van der Waals surface area (Å²) in [7, 11) is 0. The zero-order valence-electron chi connectivity index (χ0n) is 19.3. The first kappa shape index (κ1) is 22.0. The Labute approximate surface area is 196 Å². The van der Waals surface area contributed by atoms with E-state index in [4.69, 9.17) is 0 Å². The highest BCUT2D eigenvalue weighted by atomic mass is 16.3. The zero-order valence-corrected chi connectivity index (χ0v) is 19.3. The Hall–Kier alpha value is -2.85. The van der Waals surface area contributed by atoms with E-state index in [1.54, 1.807) is 0 Å². The summed E-state index contributed by atoms with van der Waals surface area (Å²) in [5.41, 5.74) is 2.34. The van der Waals surface area contributed by atoms with E-state index in [1.807, 2.05) is 30.3 Å². The normalized spacial score (nSPS) is 21.2. The van der Waals surface area contributed by atoms with Gasteiger partial charge in [-0.1, -0.05) is 60.7 Å². The third-order valence-corrected chi connectivity index (χ3v) is 7.61. The SMILES string of the molecule is O=C(CCCc1ccccc1)N1CC[C@H]2[C@H](CCCN2Cc2c(O)ccc3ccccc23)C1. The van der Waals surface area contributed by atoms with Crippen LogP contribution in [0.1, 0.15) is 43.2 Å². The third kappa shape index (κ3) is 4.91. The first-order chi connectivity index (χ1) is 16.2. The van der Waals surface area contributed by atoms with E-state index in [-0.39, 0.29) is 0 Å². The van der Waals surface area contributed by atoms with Gasteiger partial charge in [0, 0.05) is 37.7 Å². The van der Waals surface area contributed by atoms with Gasteiger partial charge in [0.05, 0.1) is 0 Å². The van der Waals surface area contributed by atoms with Crippen molar-refractivity contribution < 1.29 is 9.90 Å². The van der Waals surface area contributed by atoms with E-state index in [1.165, 1.54) is 17.4 Å². The number of rotatable bonds is 6. The van der Waals surface area contributed by atoms with Crippen LogP contribution in [0, 0.1) is 5.92 Å². The number of phenols is 1. The summed E-state index contributed by atoms with van der Waals surface area (Å²) in [4.78, 5) is 17.6. The van der Waals surface area contributed by atoms with Crippen LogP contribution >= 0.6 is 0 Å². The molecule has 3 aromatic carbocycles. The Kier molecular flexibility index (Phi) is 6.63. The first-order valence-electron chi connectivity index (χ1n) is 12.4. The second-order valence-corrected chi connectivity index (χ2v) is 9.69. The quantitative estimate of drug-likeness (QED) is 0.557. The number of aromatic hydroxyl groups is 1. The van der Waals surface area contributed by atoms with Crippen LogP contribution in [0.5, 0.6) is 5.75 Å². The molecular weight excluding hydrogens is 408 g/mol. The number of fused-ring (bicyclic) bond motifs is 2. The second-order valence-electron chi connectivity index (χ2n) is 9.69. The van der Waals surface area contributed by atoms with Crippen LogP contribution in [-0.4, -0.2) is 46.5 Å². The number of piperidine rings is 2. The molecule has 1 amide bonds. The molecule has 0 aliphatic carbocycles. The minimum Gasteiger partial charge on any atom is -0.508 e. The largest absolute Gasteiger partial charge is 0.508 e. The third-order valence-electron chi connectivity index (χ3n) is 7.61. The van der Waals surface area contributed by atoms with Crippen molar-refractivity contribution in [3.8, 4) is 5.75 Å². The predicted molar refractivity (Wildman–Crippen MR) is 133 cm³/mol. The molecule has 0 saturated carbocycles. The molecular formula is C29H34N2O2. The van der Waals surface area contributed by atoms with Crippen molar-refractivity contribution in [1.82, 2.24) is 9.80 Å². The first-order valence-corrected chi connectivity index (χ1v) is 12.4. The second kappa shape index (κ2) is 9.96. The Morgan fingerprint density at radius 2 is 1.76 bits per heavy atom. The molecule has 0 radical (unpaired) electrons. The molecule has 1 N–H and O–H groups in total. The van der Waals surface area contributed by atoms with Gasteiger partial charge in [-0.3, -0.25) is 9.69 Å². The summed E-state index contributed by atoms with van der Waals surface area (Å²) in [6.45, 7) is 3.57. The molecule has 2 aliphatic heterocycles. The Morgan fingerprint density at radius 1 is 0.939 bits per heavy atom. The van der Waals surface area contributed by atoms with E-state index >= 15 is 0 Å². The van der Waals surface area contributed by atoms with E-state index in [0.29, 0.717) is 30.0 Å². The number of benzene rings is 3. The van der Waals surface area contributed by atoms with Crippen LogP contribution in [0.15, 0.2) is 66.7 Å². The van der Waals surface area contributed by atoms with Gasteiger partial charge < -0.3 is 10.0 Å². The summed E-state index contributed by atoms with van der Waals surface area (Å²) in [6, 6.07) is 23.1. The molecule has 2 heterocycles. The molecule has 2 saturated heterocycles. The molecule has 2 aliphatic rings. The minimum atomic E-state index is 0.313. The number of hydrogen-bond acceptors (Lipinski definition) is 3. The number of aryl methyl sites for hydroxylation is 1. The molecule has 5 rings (SSSR count). The van der Waals surface area contributed by atoms with E-state index in [0.717, 1.165) is 62.8 Å². The Balaban J connectivity index is 1.20. The van der Waals surface area contributed by atoms with Crippen LogP contribution < -0.4 is 0 Å². The number of phenolic OH excluding ortho intramolecular Hbond substituents is 1. The predicted octanol–water partition coefficient (Wildman–Crippen LogP) is 5.38. The summed E-state index contributed by atoms with van der Waals surface area (Å²) in [5, 5.41) is 13.0. The van der Waals surface area contributed by atoms with Gasteiger partial charge in [-0.25, -0.2) is 0 Å². The molecule has 0 bridgehead atoms. The van der Waals surface area contributed by atoms with Gasteiger partial charge in [0.15, 0.2) is 0 Å². The smallest absolute Gasteiger partial charge is 0.222 e. The standard InChI is InChI=1S/C29H34N2O2/c32-28-16-15-23-11-4-5-13-25(23)26(28)21-30-18-7-12-24-20-31(19-17-27(24)30)29(33)14-6-10-22-8-2-1-3-9-22/h1-5,8-9,11,13,15-16,24,27,32H,6-7,10,12,14,17-21H2/t24-,27+/m1/s1. The maximum absolute atomic E-state index is 12.9. The topological polar surface area (TPSA) is 43.8 Å². The van der Waals surface area contributed by atoms with Crippen molar-refractivity contribution >= 4 is 16.7 Å². The Bertz CT molecular complexity index is 1100. The fourth-order valence-corrected chi connectivity index (χ4v) is 5.87. The average molecular weight is 443 g/mol.